The minimum Gasteiger partial charge on any atom is -0.465 e. The Labute approximate surface area is 90.3 Å². The van der Waals surface area contributed by atoms with Gasteiger partial charge in [0.15, 0.2) is 0 Å². The minimum atomic E-state index is -0.835. The smallest absolute Gasteiger partial charge is 0.407 e. The zero-order chi connectivity index (χ0) is 11.5. The fraction of sp³-hybridized carbons (Fsp3) is 0.818. The van der Waals surface area contributed by atoms with Gasteiger partial charge >= 0.3 is 6.09 Å². The predicted molar refractivity (Wildman–Crippen MR) is 56.8 cm³/mol. The van der Waals surface area contributed by atoms with Gasteiger partial charge in [0.25, 0.3) is 0 Å². The van der Waals surface area contributed by atoms with Crippen LogP contribution >= 0.6 is 0 Å². The number of aldehydes is 1. The van der Waals surface area contributed by atoms with Crippen LogP contribution in [0.4, 0.5) is 4.79 Å². The minimum absolute atomic E-state index is 0.252. The summed E-state index contributed by atoms with van der Waals surface area (Å²) in [6.45, 7) is 4.53. The second kappa shape index (κ2) is 4.64. The van der Waals surface area contributed by atoms with Crippen molar-refractivity contribution in [1.82, 2.24) is 4.90 Å². The lowest BCUT2D eigenvalue weighted by atomic mass is 9.93. The van der Waals surface area contributed by atoms with Gasteiger partial charge in [0.1, 0.15) is 6.29 Å². The molecule has 4 heteroatoms. The molecule has 0 saturated carbocycles. The van der Waals surface area contributed by atoms with E-state index in [1.54, 1.807) is 0 Å². The molecule has 1 saturated heterocycles. The van der Waals surface area contributed by atoms with E-state index < -0.39 is 6.09 Å². The van der Waals surface area contributed by atoms with Gasteiger partial charge in [-0.25, -0.2) is 4.79 Å². The molecule has 0 bridgehead atoms. The molecule has 0 radical (unpaired) electrons. The summed E-state index contributed by atoms with van der Waals surface area (Å²) in [6.07, 6.45) is 3.40. The Balaban J connectivity index is 2.47. The first-order valence-electron chi connectivity index (χ1n) is 5.41. The topological polar surface area (TPSA) is 57.6 Å². The van der Waals surface area contributed by atoms with E-state index in [1.165, 1.54) is 4.90 Å². The first-order chi connectivity index (χ1) is 6.97. The molecule has 0 aliphatic carbocycles. The number of likely N-dealkylation sites (tertiary alicyclic amines) is 1. The molecule has 1 N–H and O–H groups in total. The van der Waals surface area contributed by atoms with Crippen molar-refractivity contribution in [3.05, 3.63) is 0 Å². The van der Waals surface area contributed by atoms with Crippen LogP contribution in [0.15, 0.2) is 0 Å². The SMILES string of the molecule is CC1(C)CC(CCCC=O)CN1C(=O)O. The standard InChI is InChI=1S/C11H19NO3/c1-11(2)7-9(5-3-4-6-13)8-12(11)10(14)15/h6,9H,3-5,7-8H2,1-2H3,(H,14,15). The van der Waals surface area contributed by atoms with E-state index in [2.05, 4.69) is 0 Å². The number of carbonyl (C=O) groups excluding carboxylic acids is 1. The van der Waals surface area contributed by atoms with Gasteiger partial charge in [0.05, 0.1) is 0 Å². The quantitative estimate of drug-likeness (QED) is 0.575. The van der Waals surface area contributed by atoms with Gasteiger partial charge in [-0.05, 0) is 39.0 Å². The summed E-state index contributed by atoms with van der Waals surface area (Å²) in [4.78, 5) is 22.6. The van der Waals surface area contributed by atoms with Crippen molar-refractivity contribution in [3.8, 4) is 0 Å². The van der Waals surface area contributed by atoms with E-state index in [0.717, 1.165) is 25.5 Å². The molecule has 0 spiro atoms. The number of hydrogen-bond donors (Lipinski definition) is 1. The summed E-state index contributed by atoms with van der Waals surface area (Å²) in [7, 11) is 0. The van der Waals surface area contributed by atoms with Crippen molar-refractivity contribution in [3.63, 3.8) is 0 Å². The maximum atomic E-state index is 11.0. The highest BCUT2D eigenvalue weighted by Gasteiger charge is 2.40. The van der Waals surface area contributed by atoms with Crippen LogP contribution in [0.2, 0.25) is 0 Å². The molecular formula is C11H19NO3. The summed E-state index contributed by atoms with van der Waals surface area (Å²) in [6, 6.07) is 0. The molecule has 1 aliphatic heterocycles. The zero-order valence-corrected chi connectivity index (χ0v) is 9.40. The average molecular weight is 213 g/mol. The van der Waals surface area contributed by atoms with Gasteiger partial charge < -0.3 is 14.8 Å². The Bertz CT molecular complexity index is 250. The largest absolute Gasteiger partial charge is 0.465 e. The van der Waals surface area contributed by atoms with Gasteiger partial charge in [-0.2, -0.15) is 0 Å². The lowest BCUT2D eigenvalue weighted by Gasteiger charge is -2.28. The molecule has 0 aromatic carbocycles. The number of amides is 1. The number of rotatable bonds is 4. The highest BCUT2D eigenvalue weighted by molar-refractivity contribution is 5.66. The molecule has 1 aliphatic rings. The average Bonchev–Trinajstić information content (AvgIpc) is 2.41. The monoisotopic (exact) mass is 213 g/mol. The summed E-state index contributed by atoms with van der Waals surface area (Å²) in [5.74, 6) is 0.413. The summed E-state index contributed by atoms with van der Waals surface area (Å²) < 4.78 is 0. The second-order valence-electron chi connectivity index (χ2n) is 4.87. The molecule has 1 unspecified atom stereocenters. The summed E-state index contributed by atoms with van der Waals surface area (Å²) in [5, 5.41) is 9.01. The van der Waals surface area contributed by atoms with Gasteiger partial charge in [-0.15, -0.1) is 0 Å². The highest BCUT2D eigenvalue weighted by Crippen LogP contribution is 2.34. The molecule has 0 aromatic rings. The van der Waals surface area contributed by atoms with Crippen LogP contribution in [0.5, 0.6) is 0 Å². The Hall–Kier alpha value is -1.06. The normalized spacial score (nSPS) is 24.1. The van der Waals surface area contributed by atoms with Crippen molar-refractivity contribution in [2.24, 2.45) is 5.92 Å². The molecule has 4 nitrogen and oxygen atoms in total. The Morgan fingerprint density at radius 1 is 1.60 bits per heavy atom. The summed E-state index contributed by atoms with van der Waals surface area (Å²) in [5.41, 5.74) is -0.252. The van der Waals surface area contributed by atoms with Crippen LogP contribution in [0.1, 0.15) is 39.5 Å². The van der Waals surface area contributed by atoms with E-state index in [-0.39, 0.29) is 5.54 Å². The highest BCUT2D eigenvalue weighted by atomic mass is 16.4. The van der Waals surface area contributed by atoms with Crippen molar-refractivity contribution in [2.75, 3.05) is 6.54 Å². The Kier molecular flexibility index (Phi) is 3.72. The van der Waals surface area contributed by atoms with Crippen molar-refractivity contribution in [1.29, 1.82) is 0 Å². The van der Waals surface area contributed by atoms with E-state index in [9.17, 15) is 9.59 Å². The number of carboxylic acid groups (broad SMARTS) is 1. The van der Waals surface area contributed by atoms with E-state index >= 15 is 0 Å². The second-order valence-corrected chi connectivity index (χ2v) is 4.87. The summed E-state index contributed by atoms with van der Waals surface area (Å²) >= 11 is 0. The first-order valence-corrected chi connectivity index (χ1v) is 5.41. The third-order valence-corrected chi connectivity index (χ3v) is 3.12. The maximum absolute atomic E-state index is 11.0. The molecule has 1 heterocycles. The molecular weight excluding hydrogens is 194 g/mol. The van der Waals surface area contributed by atoms with Gasteiger partial charge in [0.2, 0.25) is 0 Å². The number of hydrogen-bond acceptors (Lipinski definition) is 2. The molecule has 1 rings (SSSR count). The van der Waals surface area contributed by atoms with Crippen LogP contribution < -0.4 is 0 Å². The van der Waals surface area contributed by atoms with Gasteiger partial charge in [-0.1, -0.05) is 0 Å². The van der Waals surface area contributed by atoms with E-state index in [1.807, 2.05) is 13.8 Å². The van der Waals surface area contributed by atoms with E-state index in [4.69, 9.17) is 5.11 Å². The molecule has 86 valence electrons. The third kappa shape index (κ3) is 2.94. The van der Waals surface area contributed by atoms with Gasteiger partial charge in [0, 0.05) is 18.5 Å². The van der Waals surface area contributed by atoms with Crippen molar-refractivity contribution in [2.45, 2.75) is 45.1 Å². The predicted octanol–water partition coefficient (Wildman–Crippen LogP) is 2.13. The molecule has 1 amide bonds. The zero-order valence-electron chi connectivity index (χ0n) is 9.40. The fourth-order valence-corrected chi connectivity index (χ4v) is 2.41. The lowest BCUT2D eigenvalue weighted by molar-refractivity contribution is -0.108. The fourth-order valence-electron chi connectivity index (χ4n) is 2.41. The van der Waals surface area contributed by atoms with Crippen LogP contribution in [0, 0.1) is 5.92 Å². The molecule has 15 heavy (non-hydrogen) atoms. The van der Waals surface area contributed by atoms with Crippen LogP contribution in [0.3, 0.4) is 0 Å². The third-order valence-electron chi connectivity index (χ3n) is 3.12. The Morgan fingerprint density at radius 3 is 2.73 bits per heavy atom. The van der Waals surface area contributed by atoms with Gasteiger partial charge in [-0.3, -0.25) is 0 Å². The Morgan fingerprint density at radius 2 is 2.27 bits per heavy atom. The van der Waals surface area contributed by atoms with Crippen LogP contribution in [0.25, 0.3) is 0 Å². The van der Waals surface area contributed by atoms with Crippen molar-refractivity contribution < 1.29 is 14.7 Å². The number of carbonyl (C=O) groups is 2. The molecule has 1 fully saturated rings. The van der Waals surface area contributed by atoms with E-state index in [0.29, 0.717) is 18.9 Å². The lowest BCUT2D eigenvalue weighted by Crippen LogP contribution is -2.41. The van der Waals surface area contributed by atoms with Crippen molar-refractivity contribution >= 4 is 12.4 Å². The first kappa shape index (κ1) is 12.0. The maximum Gasteiger partial charge on any atom is 0.407 e. The van der Waals surface area contributed by atoms with Crippen LogP contribution in [-0.4, -0.2) is 34.5 Å². The molecule has 1 atom stereocenters. The molecule has 0 aromatic heterocycles. The number of nitrogens with zero attached hydrogens (tertiary/aromatic N) is 1. The van der Waals surface area contributed by atoms with Crippen LogP contribution in [-0.2, 0) is 4.79 Å². The number of unbranched alkanes of at least 4 members (excludes halogenated alkanes) is 1.